The SMILES string of the molecule is COc1cc2c(cc1CNCCOC(C)C)OC(C)C2. The van der Waals surface area contributed by atoms with Crippen molar-refractivity contribution in [1.82, 2.24) is 5.32 Å². The molecular formula is C16H25NO3. The lowest BCUT2D eigenvalue weighted by Crippen LogP contribution is -2.21. The average Bonchev–Trinajstić information content (AvgIpc) is 2.76. The van der Waals surface area contributed by atoms with Crippen molar-refractivity contribution in [2.75, 3.05) is 20.3 Å². The van der Waals surface area contributed by atoms with Crippen LogP contribution in [-0.2, 0) is 17.7 Å². The molecule has 1 atom stereocenters. The summed E-state index contributed by atoms with van der Waals surface area (Å²) in [5, 5.41) is 3.37. The van der Waals surface area contributed by atoms with Crippen molar-refractivity contribution in [3.05, 3.63) is 23.3 Å². The molecule has 4 heteroatoms. The zero-order valence-corrected chi connectivity index (χ0v) is 12.9. The number of hydrogen-bond acceptors (Lipinski definition) is 4. The number of fused-ring (bicyclic) bond motifs is 1. The molecule has 2 rings (SSSR count). The molecule has 1 aromatic carbocycles. The van der Waals surface area contributed by atoms with Gasteiger partial charge < -0.3 is 19.5 Å². The predicted molar refractivity (Wildman–Crippen MR) is 79.6 cm³/mol. The number of benzene rings is 1. The van der Waals surface area contributed by atoms with E-state index in [1.807, 2.05) is 13.8 Å². The van der Waals surface area contributed by atoms with Gasteiger partial charge in [-0.05, 0) is 32.9 Å². The lowest BCUT2D eigenvalue weighted by molar-refractivity contribution is 0.0807. The van der Waals surface area contributed by atoms with Crippen molar-refractivity contribution in [2.45, 2.75) is 45.9 Å². The third-order valence-electron chi connectivity index (χ3n) is 3.34. The van der Waals surface area contributed by atoms with Crippen LogP contribution in [-0.4, -0.2) is 32.5 Å². The Kier molecular flexibility index (Phi) is 5.26. The Morgan fingerprint density at radius 1 is 1.40 bits per heavy atom. The first-order chi connectivity index (χ1) is 9.60. The first-order valence-corrected chi connectivity index (χ1v) is 7.29. The molecule has 0 radical (unpaired) electrons. The highest BCUT2D eigenvalue weighted by Gasteiger charge is 2.21. The van der Waals surface area contributed by atoms with Gasteiger partial charge in [-0.25, -0.2) is 0 Å². The van der Waals surface area contributed by atoms with Crippen molar-refractivity contribution in [3.8, 4) is 11.5 Å². The van der Waals surface area contributed by atoms with Crippen LogP contribution in [0.3, 0.4) is 0 Å². The summed E-state index contributed by atoms with van der Waals surface area (Å²) in [4.78, 5) is 0. The second-order valence-electron chi connectivity index (χ2n) is 5.50. The third-order valence-corrected chi connectivity index (χ3v) is 3.34. The zero-order chi connectivity index (χ0) is 14.5. The smallest absolute Gasteiger partial charge is 0.123 e. The van der Waals surface area contributed by atoms with Crippen molar-refractivity contribution in [2.24, 2.45) is 0 Å². The van der Waals surface area contributed by atoms with E-state index in [2.05, 4.69) is 24.4 Å². The first-order valence-electron chi connectivity index (χ1n) is 7.29. The summed E-state index contributed by atoms with van der Waals surface area (Å²) in [6.07, 6.45) is 1.50. The van der Waals surface area contributed by atoms with Crippen LogP contribution >= 0.6 is 0 Å². The highest BCUT2D eigenvalue weighted by molar-refractivity contribution is 5.48. The van der Waals surface area contributed by atoms with Gasteiger partial charge in [0.25, 0.3) is 0 Å². The van der Waals surface area contributed by atoms with Crippen molar-refractivity contribution < 1.29 is 14.2 Å². The van der Waals surface area contributed by atoms with E-state index in [0.29, 0.717) is 0 Å². The first kappa shape index (κ1) is 15.1. The van der Waals surface area contributed by atoms with Gasteiger partial charge in [0.15, 0.2) is 0 Å². The van der Waals surface area contributed by atoms with Crippen LogP contribution in [0.15, 0.2) is 12.1 Å². The topological polar surface area (TPSA) is 39.7 Å². The normalized spacial score (nSPS) is 17.1. The van der Waals surface area contributed by atoms with E-state index in [1.165, 1.54) is 5.56 Å². The van der Waals surface area contributed by atoms with Gasteiger partial charge in [0.2, 0.25) is 0 Å². The van der Waals surface area contributed by atoms with E-state index < -0.39 is 0 Å². The lowest BCUT2D eigenvalue weighted by atomic mass is 10.1. The fourth-order valence-corrected chi connectivity index (χ4v) is 2.40. The van der Waals surface area contributed by atoms with Gasteiger partial charge in [0.1, 0.15) is 17.6 Å². The zero-order valence-electron chi connectivity index (χ0n) is 12.9. The Bertz CT molecular complexity index is 446. The molecule has 20 heavy (non-hydrogen) atoms. The van der Waals surface area contributed by atoms with Crippen molar-refractivity contribution in [1.29, 1.82) is 0 Å². The lowest BCUT2D eigenvalue weighted by Gasteiger charge is -2.13. The van der Waals surface area contributed by atoms with E-state index >= 15 is 0 Å². The van der Waals surface area contributed by atoms with Crippen LogP contribution < -0.4 is 14.8 Å². The summed E-state index contributed by atoms with van der Waals surface area (Å²) in [5.74, 6) is 1.92. The maximum Gasteiger partial charge on any atom is 0.123 e. The average molecular weight is 279 g/mol. The summed E-state index contributed by atoms with van der Waals surface area (Å²) in [7, 11) is 1.71. The van der Waals surface area contributed by atoms with Crippen LogP contribution in [0, 0.1) is 0 Å². The molecule has 0 aromatic heterocycles. The summed E-state index contributed by atoms with van der Waals surface area (Å²) < 4.78 is 16.8. The molecule has 0 aliphatic carbocycles. The second-order valence-corrected chi connectivity index (χ2v) is 5.50. The second kappa shape index (κ2) is 6.95. The van der Waals surface area contributed by atoms with Crippen LogP contribution in [0.25, 0.3) is 0 Å². The summed E-state index contributed by atoms with van der Waals surface area (Å²) >= 11 is 0. The molecule has 1 unspecified atom stereocenters. The Morgan fingerprint density at radius 2 is 2.20 bits per heavy atom. The van der Waals surface area contributed by atoms with Crippen LogP contribution in [0.4, 0.5) is 0 Å². The Morgan fingerprint density at radius 3 is 2.90 bits per heavy atom. The monoisotopic (exact) mass is 279 g/mol. The Labute approximate surface area is 121 Å². The minimum Gasteiger partial charge on any atom is -0.496 e. The fraction of sp³-hybridized carbons (Fsp3) is 0.625. The van der Waals surface area contributed by atoms with E-state index in [1.54, 1.807) is 7.11 Å². The van der Waals surface area contributed by atoms with Gasteiger partial charge in [-0.1, -0.05) is 0 Å². The van der Waals surface area contributed by atoms with Crippen molar-refractivity contribution >= 4 is 0 Å². The maximum absolute atomic E-state index is 5.80. The summed E-state index contributed by atoms with van der Waals surface area (Å²) in [6.45, 7) is 8.49. The molecule has 0 bridgehead atoms. The molecule has 1 N–H and O–H groups in total. The molecule has 0 saturated heterocycles. The minimum absolute atomic E-state index is 0.261. The quantitative estimate of drug-likeness (QED) is 0.779. The summed E-state index contributed by atoms with van der Waals surface area (Å²) in [6, 6.07) is 4.19. The Balaban J connectivity index is 1.92. The highest BCUT2D eigenvalue weighted by atomic mass is 16.5. The van der Waals surface area contributed by atoms with E-state index in [4.69, 9.17) is 14.2 Å². The van der Waals surface area contributed by atoms with Crippen molar-refractivity contribution in [3.63, 3.8) is 0 Å². The standard InChI is InChI=1S/C16H25NO3/c1-11(2)19-6-5-17-10-14-9-16-13(7-12(3)20-16)8-15(14)18-4/h8-9,11-12,17H,5-7,10H2,1-4H3. The number of hydrogen-bond donors (Lipinski definition) is 1. The molecule has 0 saturated carbocycles. The molecule has 1 heterocycles. The fourth-order valence-electron chi connectivity index (χ4n) is 2.40. The highest BCUT2D eigenvalue weighted by Crippen LogP contribution is 2.34. The molecule has 1 aliphatic heterocycles. The molecule has 0 fully saturated rings. The van der Waals surface area contributed by atoms with E-state index in [9.17, 15) is 0 Å². The van der Waals surface area contributed by atoms with Gasteiger partial charge in [0.05, 0.1) is 19.8 Å². The molecular weight excluding hydrogens is 254 g/mol. The number of nitrogens with one attached hydrogen (secondary N) is 1. The minimum atomic E-state index is 0.261. The maximum atomic E-state index is 5.80. The molecule has 0 spiro atoms. The van der Waals surface area contributed by atoms with Gasteiger partial charge in [-0.3, -0.25) is 0 Å². The van der Waals surface area contributed by atoms with Crippen LogP contribution in [0.1, 0.15) is 31.9 Å². The molecule has 1 aromatic rings. The van der Waals surface area contributed by atoms with E-state index in [0.717, 1.165) is 43.2 Å². The largest absolute Gasteiger partial charge is 0.496 e. The predicted octanol–water partition coefficient (Wildman–Crippen LogP) is 2.53. The number of ether oxygens (including phenoxy) is 3. The van der Waals surface area contributed by atoms with Crippen LogP contribution in [0.5, 0.6) is 11.5 Å². The molecule has 4 nitrogen and oxygen atoms in total. The van der Waals surface area contributed by atoms with Gasteiger partial charge in [-0.2, -0.15) is 0 Å². The van der Waals surface area contributed by atoms with Gasteiger partial charge in [-0.15, -0.1) is 0 Å². The molecule has 112 valence electrons. The van der Waals surface area contributed by atoms with Gasteiger partial charge >= 0.3 is 0 Å². The Hall–Kier alpha value is -1.26. The number of rotatable bonds is 7. The third kappa shape index (κ3) is 3.87. The number of methoxy groups -OCH3 is 1. The molecule has 1 aliphatic rings. The molecule has 0 amide bonds. The van der Waals surface area contributed by atoms with Gasteiger partial charge in [0, 0.05) is 30.6 Å². The summed E-state index contributed by atoms with van der Waals surface area (Å²) in [5.41, 5.74) is 2.37. The van der Waals surface area contributed by atoms with Crippen LogP contribution in [0.2, 0.25) is 0 Å². The van der Waals surface area contributed by atoms with E-state index in [-0.39, 0.29) is 12.2 Å².